The number of H-pyrrole nitrogens is 1. The number of nitrogens with two attached hydrogens (primary N) is 1. The molecule has 182 valence electrons. The van der Waals surface area contributed by atoms with Crippen molar-refractivity contribution in [2.45, 2.75) is 38.8 Å². The second kappa shape index (κ2) is 8.33. The SMILES string of the molecule is C[C@@H]1CN(C(=O)C(=O)Nc2cnc(N)c3cn[nH]c23)[C@@H](c2ccc(F)cc2)CN1C(=O)C1(C)CC1. The molecule has 3 heterocycles. The van der Waals surface area contributed by atoms with Crippen molar-refractivity contribution in [2.24, 2.45) is 5.41 Å². The van der Waals surface area contributed by atoms with Gasteiger partial charge in [-0.05, 0) is 37.5 Å². The van der Waals surface area contributed by atoms with Gasteiger partial charge in [0.05, 0.1) is 35.0 Å². The summed E-state index contributed by atoms with van der Waals surface area (Å²) < 4.78 is 13.6. The van der Waals surface area contributed by atoms with Gasteiger partial charge in [0.15, 0.2) is 0 Å². The van der Waals surface area contributed by atoms with E-state index in [1.165, 1.54) is 29.4 Å². The van der Waals surface area contributed by atoms with Gasteiger partial charge in [-0.1, -0.05) is 19.1 Å². The van der Waals surface area contributed by atoms with Gasteiger partial charge in [0, 0.05) is 24.5 Å². The van der Waals surface area contributed by atoms with Crippen LogP contribution >= 0.6 is 0 Å². The first kappa shape index (κ1) is 22.8. The highest BCUT2D eigenvalue weighted by atomic mass is 19.1. The zero-order chi connectivity index (χ0) is 24.9. The van der Waals surface area contributed by atoms with Crippen molar-refractivity contribution in [1.29, 1.82) is 0 Å². The van der Waals surface area contributed by atoms with E-state index in [4.69, 9.17) is 5.73 Å². The standard InChI is InChI=1S/C24H26FN7O3/c1-13-11-32(22(34)21(33)29-17-10-27-20(26)16-9-28-30-19(16)17)18(14-3-5-15(25)6-4-14)12-31(13)23(35)24(2)7-8-24/h3-6,9-10,13,18H,7-8,11-12H2,1-2H3,(H2,26,27)(H,28,30)(H,29,33)/t13-,18-/m1/s1. The normalized spacial score (nSPS) is 21.1. The maximum atomic E-state index is 13.6. The highest BCUT2D eigenvalue weighted by Crippen LogP contribution is 2.47. The summed E-state index contributed by atoms with van der Waals surface area (Å²) in [7, 11) is 0. The quantitative estimate of drug-likeness (QED) is 0.493. The van der Waals surface area contributed by atoms with Crippen LogP contribution in [-0.2, 0) is 14.4 Å². The molecule has 3 aromatic rings. The van der Waals surface area contributed by atoms with Crippen LogP contribution in [0.5, 0.6) is 0 Å². The Hall–Kier alpha value is -4.02. The van der Waals surface area contributed by atoms with E-state index in [0.717, 1.165) is 12.8 Å². The summed E-state index contributed by atoms with van der Waals surface area (Å²) in [6.45, 7) is 4.18. The van der Waals surface area contributed by atoms with Crippen molar-refractivity contribution >= 4 is 40.1 Å². The number of piperazine rings is 1. The van der Waals surface area contributed by atoms with Gasteiger partial charge in [-0.25, -0.2) is 9.37 Å². The molecule has 2 aromatic heterocycles. The number of carbonyl (C=O) groups excluding carboxylic acids is 3. The molecule has 1 saturated carbocycles. The molecule has 11 heteroatoms. The monoisotopic (exact) mass is 479 g/mol. The molecule has 1 saturated heterocycles. The van der Waals surface area contributed by atoms with Crippen LogP contribution in [0.25, 0.3) is 10.9 Å². The number of rotatable bonds is 3. The second-order valence-corrected chi connectivity index (χ2v) is 9.56. The fourth-order valence-corrected chi connectivity index (χ4v) is 4.56. The zero-order valence-corrected chi connectivity index (χ0v) is 19.4. The summed E-state index contributed by atoms with van der Waals surface area (Å²) in [4.78, 5) is 46.9. The molecule has 1 aliphatic carbocycles. The summed E-state index contributed by atoms with van der Waals surface area (Å²) in [5.41, 5.74) is 6.83. The Labute approximate surface area is 200 Å². The van der Waals surface area contributed by atoms with E-state index < -0.39 is 23.7 Å². The summed E-state index contributed by atoms with van der Waals surface area (Å²) in [6.07, 6.45) is 4.50. The molecule has 5 rings (SSSR count). The minimum Gasteiger partial charge on any atom is -0.383 e. The fourth-order valence-electron chi connectivity index (χ4n) is 4.56. The van der Waals surface area contributed by atoms with Crippen LogP contribution in [0.4, 0.5) is 15.9 Å². The fraction of sp³-hybridized carbons (Fsp3) is 0.375. The molecule has 0 bridgehead atoms. The molecular formula is C24H26FN7O3. The summed E-state index contributed by atoms with van der Waals surface area (Å²) in [5.74, 6) is -1.75. The van der Waals surface area contributed by atoms with E-state index in [0.29, 0.717) is 16.5 Å². The molecule has 2 aliphatic rings. The lowest BCUT2D eigenvalue weighted by molar-refractivity contribution is -0.153. The lowest BCUT2D eigenvalue weighted by Crippen LogP contribution is -2.59. The lowest BCUT2D eigenvalue weighted by Gasteiger charge is -2.46. The number of pyridine rings is 1. The Morgan fingerprint density at radius 3 is 2.54 bits per heavy atom. The number of nitrogen functional groups attached to an aromatic ring is 1. The average Bonchev–Trinajstić information content (AvgIpc) is 3.39. The molecule has 2 atom stereocenters. The topological polar surface area (TPSA) is 137 Å². The van der Waals surface area contributed by atoms with Gasteiger partial charge in [0.2, 0.25) is 5.91 Å². The number of hydrogen-bond acceptors (Lipinski definition) is 6. The minimum absolute atomic E-state index is 0.0447. The van der Waals surface area contributed by atoms with Crippen LogP contribution in [0.3, 0.4) is 0 Å². The predicted octanol–water partition coefficient (Wildman–Crippen LogP) is 2.22. The first-order chi connectivity index (χ1) is 16.7. The van der Waals surface area contributed by atoms with E-state index >= 15 is 0 Å². The number of benzene rings is 1. The predicted molar refractivity (Wildman–Crippen MR) is 126 cm³/mol. The van der Waals surface area contributed by atoms with Gasteiger partial charge in [-0.2, -0.15) is 5.10 Å². The number of nitrogens with zero attached hydrogens (tertiary/aromatic N) is 4. The first-order valence-corrected chi connectivity index (χ1v) is 11.4. The summed E-state index contributed by atoms with van der Waals surface area (Å²) in [6, 6.07) is 4.87. The van der Waals surface area contributed by atoms with Gasteiger partial charge in [0.1, 0.15) is 11.6 Å². The highest BCUT2D eigenvalue weighted by Gasteiger charge is 2.50. The number of nitrogens with one attached hydrogen (secondary N) is 2. The average molecular weight is 480 g/mol. The van der Waals surface area contributed by atoms with Crippen molar-refractivity contribution < 1.29 is 18.8 Å². The van der Waals surface area contributed by atoms with Crippen molar-refractivity contribution in [3.05, 3.63) is 48.0 Å². The van der Waals surface area contributed by atoms with Gasteiger partial charge in [-0.3, -0.25) is 19.5 Å². The van der Waals surface area contributed by atoms with Gasteiger partial charge < -0.3 is 20.9 Å². The Balaban J connectivity index is 1.42. The third-order valence-electron chi connectivity index (χ3n) is 6.99. The molecule has 0 spiro atoms. The maximum absolute atomic E-state index is 13.6. The third-order valence-corrected chi connectivity index (χ3v) is 6.99. The minimum atomic E-state index is -0.860. The number of amides is 3. The molecule has 4 N–H and O–H groups in total. The second-order valence-electron chi connectivity index (χ2n) is 9.56. The van der Waals surface area contributed by atoms with Crippen molar-refractivity contribution in [2.75, 3.05) is 24.1 Å². The number of anilines is 2. The van der Waals surface area contributed by atoms with Gasteiger partial charge >= 0.3 is 11.8 Å². The van der Waals surface area contributed by atoms with E-state index in [1.807, 2.05) is 13.8 Å². The van der Waals surface area contributed by atoms with Crippen LogP contribution in [0.15, 0.2) is 36.7 Å². The van der Waals surface area contributed by atoms with Crippen LogP contribution in [0, 0.1) is 11.2 Å². The zero-order valence-electron chi connectivity index (χ0n) is 19.4. The highest BCUT2D eigenvalue weighted by molar-refractivity contribution is 6.40. The molecule has 3 amide bonds. The van der Waals surface area contributed by atoms with Crippen molar-refractivity contribution in [3.63, 3.8) is 0 Å². The Morgan fingerprint density at radius 1 is 1.14 bits per heavy atom. The smallest absolute Gasteiger partial charge is 0.314 e. The largest absolute Gasteiger partial charge is 0.383 e. The molecule has 35 heavy (non-hydrogen) atoms. The lowest BCUT2D eigenvalue weighted by atomic mass is 9.97. The molecule has 10 nitrogen and oxygen atoms in total. The first-order valence-electron chi connectivity index (χ1n) is 11.4. The van der Waals surface area contributed by atoms with Crippen molar-refractivity contribution in [3.8, 4) is 0 Å². The molecule has 0 unspecified atom stereocenters. The van der Waals surface area contributed by atoms with Crippen LogP contribution in [-0.4, -0.2) is 61.8 Å². The van der Waals surface area contributed by atoms with Crippen LogP contribution in [0.1, 0.15) is 38.3 Å². The van der Waals surface area contributed by atoms with E-state index in [2.05, 4.69) is 20.5 Å². The molecule has 0 radical (unpaired) electrons. The molecule has 1 aromatic carbocycles. The number of halogens is 1. The maximum Gasteiger partial charge on any atom is 0.314 e. The number of hydrogen-bond donors (Lipinski definition) is 3. The van der Waals surface area contributed by atoms with Gasteiger partial charge in [-0.15, -0.1) is 0 Å². The Bertz CT molecular complexity index is 1320. The van der Waals surface area contributed by atoms with E-state index in [-0.39, 0.29) is 42.0 Å². The third kappa shape index (κ3) is 4.07. The van der Waals surface area contributed by atoms with Crippen LogP contribution < -0.4 is 11.1 Å². The van der Waals surface area contributed by atoms with Crippen molar-refractivity contribution in [1.82, 2.24) is 25.0 Å². The number of carbonyl (C=O) groups is 3. The molecule has 2 fully saturated rings. The number of aromatic amines is 1. The number of fused-ring (bicyclic) bond motifs is 1. The Kier molecular flexibility index (Phi) is 5.42. The molecular weight excluding hydrogens is 453 g/mol. The summed E-state index contributed by atoms with van der Waals surface area (Å²) >= 11 is 0. The number of aromatic nitrogens is 3. The van der Waals surface area contributed by atoms with E-state index in [9.17, 15) is 18.8 Å². The van der Waals surface area contributed by atoms with Gasteiger partial charge in [0.25, 0.3) is 0 Å². The molecule has 1 aliphatic heterocycles. The summed E-state index contributed by atoms with van der Waals surface area (Å²) in [5, 5.41) is 9.79. The Morgan fingerprint density at radius 2 is 1.86 bits per heavy atom. The van der Waals surface area contributed by atoms with E-state index in [1.54, 1.807) is 17.0 Å². The van der Waals surface area contributed by atoms with Crippen LogP contribution in [0.2, 0.25) is 0 Å².